The number of esters is 1. The molecule has 31 heavy (non-hydrogen) atoms. The van der Waals surface area contributed by atoms with Crippen molar-refractivity contribution in [2.24, 2.45) is 0 Å². The van der Waals surface area contributed by atoms with Gasteiger partial charge in [0.05, 0.1) is 65.0 Å². The summed E-state index contributed by atoms with van der Waals surface area (Å²) in [7, 11) is -1.69. The van der Waals surface area contributed by atoms with Crippen LogP contribution in [0.15, 0.2) is 30.3 Å². The molecule has 0 radical (unpaired) electrons. The van der Waals surface area contributed by atoms with E-state index in [4.69, 9.17) is 28.1 Å². The van der Waals surface area contributed by atoms with E-state index in [1.165, 1.54) is 0 Å². The average molecular weight is 457 g/mol. The smallest absolute Gasteiger partial charge is 0.338 e. The fourth-order valence-corrected chi connectivity index (χ4v) is 3.21. The molecule has 0 aliphatic heterocycles. The monoisotopic (exact) mass is 456 g/mol. The molecule has 0 saturated carbocycles. The van der Waals surface area contributed by atoms with E-state index in [9.17, 15) is 4.79 Å². The SMILES string of the molecule is CC(C)(C)[Si](C)(C)OCCOCCOCCOCCOCCOC(=O)c1ccccc1. The van der Waals surface area contributed by atoms with E-state index in [-0.39, 0.29) is 17.6 Å². The van der Waals surface area contributed by atoms with Crippen molar-refractivity contribution in [1.82, 2.24) is 0 Å². The Morgan fingerprint density at radius 2 is 1.13 bits per heavy atom. The van der Waals surface area contributed by atoms with Crippen LogP contribution in [0.4, 0.5) is 0 Å². The van der Waals surface area contributed by atoms with Crippen LogP contribution < -0.4 is 0 Å². The summed E-state index contributed by atoms with van der Waals surface area (Å²) in [4.78, 5) is 11.7. The summed E-state index contributed by atoms with van der Waals surface area (Å²) in [6, 6.07) is 8.89. The molecule has 0 bridgehead atoms. The summed E-state index contributed by atoms with van der Waals surface area (Å²) in [6.45, 7) is 15.9. The van der Waals surface area contributed by atoms with Crippen molar-refractivity contribution in [3.05, 3.63) is 35.9 Å². The molecule has 1 rings (SSSR count). The topological polar surface area (TPSA) is 72.5 Å². The molecule has 1 aromatic rings. The molecule has 0 amide bonds. The van der Waals surface area contributed by atoms with E-state index in [0.29, 0.717) is 65.0 Å². The second-order valence-electron chi connectivity index (χ2n) is 8.56. The van der Waals surface area contributed by atoms with Crippen molar-refractivity contribution in [3.8, 4) is 0 Å². The summed E-state index contributed by atoms with van der Waals surface area (Å²) < 4.78 is 33.0. The van der Waals surface area contributed by atoms with Gasteiger partial charge in [-0.1, -0.05) is 39.0 Å². The van der Waals surface area contributed by atoms with Gasteiger partial charge in [0.15, 0.2) is 8.32 Å². The summed E-state index contributed by atoms with van der Waals surface area (Å²) in [5, 5.41) is 0.219. The lowest BCUT2D eigenvalue weighted by Gasteiger charge is -2.36. The Bertz CT molecular complexity index is 587. The molecule has 0 aromatic heterocycles. The van der Waals surface area contributed by atoms with Crippen LogP contribution in [0.3, 0.4) is 0 Å². The predicted octanol–water partition coefficient (Wildman–Crippen LogP) is 3.93. The summed E-state index contributed by atoms with van der Waals surface area (Å²) in [5.74, 6) is -0.343. The molecule has 0 unspecified atom stereocenters. The number of hydrogen-bond acceptors (Lipinski definition) is 7. The van der Waals surface area contributed by atoms with E-state index in [1.807, 2.05) is 6.07 Å². The van der Waals surface area contributed by atoms with Crippen LogP contribution in [0, 0.1) is 0 Å². The maximum Gasteiger partial charge on any atom is 0.338 e. The minimum atomic E-state index is -1.69. The zero-order valence-corrected chi connectivity index (χ0v) is 20.8. The minimum Gasteiger partial charge on any atom is -0.460 e. The second kappa shape index (κ2) is 15.5. The van der Waals surface area contributed by atoms with Gasteiger partial charge in [-0.05, 0) is 30.3 Å². The van der Waals surface area contributed by atoms with E-state index >= 15 is 0 Å². The molecule has 0 aliphatic rings. The fourth-order valence-electron chi connectivity index (χ4n) is 2.18. The van der Waals surface area contributed by atoms with Gasteiger partial charge in [-0.25, -0.2) is 4.79 Å². The first-order chi connectivity index (χ1) is 14.7. The van der Waals surface area contributed by atoms with E-state index in [2.05, 4.69) is 33.9 Å². The Morgan fingerprint density at radius 1 is 0.710 bits per heavy atom. The number of rotatable bonds is 17. The molecule has 7 nitrogen and oxygen atoms in total. The van der Waals surface area contributed by atoms with Crippen LogP contribution in [0.1, 0.15) is 31.1 Å². The molecule has 0 saturated heterocycles. The predicted molar refractivity (Wildman–Crippen MR) is 123 cm³/mol. The molecule has 0 fully saturated rings. The van der Waals surface area contributed by atoms with Crippen LogP contribution in [-0.2, 0) is 28.1 Å². The van der Waals surface area contributed by atoms with Crippen molar-refractivity contribution >= 4 is 14.3 Å². The largest absolute Gasteiger partial charge is 0.460 e. The minimum absolute atomic E-state index is 0.219. The highest BCUT2D eigenvalue weighted by molar-refractivity contribution is 6.74. The first-order valence-corrected chi connectivity index (χ1v) is 13.8. The van der Waals surface area contributed by atoms with Crippen LogP contribution in [0.5, 0.6) is 0 Å². The fraction of sp³-hybridized carbons (Fsp3) is 0.696. The van der Waals surface area contributed by atoms with E-state index in [1.54, 1.807) is 24.3 Å². The lowest BCUT2D eigenvalue weighted by molar-refractivity contribution is -0.0110. The third kappa shape index (κ3) is 13.0. The van der Waals surface area contributed by atoms with Crippen LogP contribution >= 0.6 is 0 Å². The van der Waals surface area contributed by atoms with Gasteiger partial charge in [-0.15, -0.1) is 0 Å². The van der Waals surface area contributed by atoms with Crippen LogP contribution in [0.25, 0.3) is 0 Å². The zero-order valence-electron chi connectivity index (χ0n) is 19.8. The molecule has 1 aromatic carbocycles. The van der Waals surface area contributed by atoms with Crippen LogP contribution in [-0.4, -0.2) is 80.4 Å². The first kappa shape index (κ1) is 27.7. The molecular weight excluding hydrogens is 416 g/mol. The van der Waals surface area contributed by atoms with Crippen molar-refractivity contribution in [2.45, 2.75) is 38.9 Å². The van der Waals surface area contributed by atoms with Gasteiger partial charge in [0, 0.05) is 0 Å². The molecule has 0 heterocycles. The maximum atomic E-state index is 11.7. The first-order valence-electron chi connectivity index (χ1n) is 10.9. The number of carbonyl (C=O) groups excluding carboxylic acids is 1. The Balaban J connectivity index is 1.81. The standard InChI is InChI=1S/C23H40O7Si/c1-23(2,3)31(4,5)30-20-18-28-16-14-26-12-11-25-13-15-27-17-19-29-22(24)21-9-7-6-8-10-21/h6-10H,11-20H2,1-5H3. The second-order valence-corrected chi connectivity index (χ2v) is 13.4. The lowest BCUT2D eigenvalue weighted by atomic mass is 10.2. The molecule has 0 atom stereocenters. The zero-order chi connectivity index (χ0) is 23.0. The van der Waals surface area contributed by atoms with Crippen molar-refractivity contribution in [3.63, 3.8) is 0 Å². The van der Waals surface area contributed by atoms with Crippen molar-refractivity contribution < 1.29 is 32.9 Å². The summed E-state index contributed by atoms with van der Waals surface area (Å²) in [5.41, 5.74) is 0.538. The molecular formula is C23H40O7Si. The normalized spacial score (nSPS) is 12.2. The molecule has 8 heteroatoms. The molecule has 0 aliphatic carbocycles. The maximum absolute atomic E-state index is 11.7. The summed E-state index contributed by atoms with van der Waals surface area (Å²) in [6.07, 6.45) is 0. The quantitative estimate of drug-likeness (QED) is 0.200. The van der Waals surface area contributed by atoms with Gasteiger partial charge in [0.1, 0.15) is 6.61 Å². The Labute approximate surface area is 188 Å². The Kier molecular flexibility index (Phi) is 13.9. The third-order valence-electron chi connectivity index (χ3n) is 5.08. The Hall–Kier alpha value is -1.29. The molecule has 0 N–H and O–H groups in total. The van der Waals surface area contributed by atoms with Crippen molar-refractivity contribution in [2.75, 3.05) is 66.1 Å². The number of ether oxygens (including phenoxy) is 5. The van der Waals surface area contributed by atoms with Gasteiger partial charge in [0.25, 0.3) is 0 Å². The number of carbonyl (C=O) groups is 1. The lowest BCUT2D eigenvalue weighted by Crippen LogP contribution is -2.41. The number of hydrogen-bond donors (Lipinski definition) is 0. The van der Waals surface area contributed by atoms with Crippen LogP contribution in [0.2, 0.25) is 18.1 Å². The summed E-state index contributed by atoms with van der Waals surface area (Å²) >= 11 is 0. The van der Waals surface area contributed by atoms with Gasteiger partial charge in [-0.2, -0.15) is 0 Å². The molecule has 178 valence electrons. The third-order valence-corrected chi connectivity index (χ3v) is 9.62. The van der Waals surface area contributed by atoms with Gasteiger partial charge in [0.2, 0.25) is 0 Å². The average Bonchev–Trinajstić information content (AvgIpc) is 2.73. The highest BCUT2D eigenvalue weighted by atomic mass is 28.4. The van der Waals surface area contributed by atoms with E-state index in [0.717, 1.165) is 0 Å². The highest BCUT2D eigenvalue weighted by Crippen LogP contribution is 2.36. The Morgan fingerprint density at radius 3 is 1.58 bits per heavy atom. The van der Waals surface area contributed by atoms with Crippen molar-refractivity contribution in [1.29, 1.82) is 0 Å². The van der Waals surface area contributed by atoms with Gasteiger partial charge >= 0.3 is 5.97 Å². The van der Waals surface area contributed by atoms with E-state index < -0.39 is 8.32 Å². The number of benzene rings is 1. The highest BCUT2D eigenvalue weighted by Gasteiger charge is 2.36. The molecule has 0 spiro atoms. The van der Waals surface area contributed by atoms with Gasteiger partial charge < -0.3 is 28.1 Å². The van der Waals surface area contributed by atoms with Gasteiger partial charge in [-0.3, -0.25) is 0 Å².